The summed E-state index contributed by atoms with van der Waals surface area (Å²) in [7, 11) is -2.29. The van der Waals surface area contributed by atoms with E-state index in [1.807, 2.05) is 6.07 Å². The minimum atomic E-state index is -3.63. The van der Waals surface area contributed by atoms with Gasteiger partial charge in [-0.25, -0.2) is 22.1 Å². The topological polar surface area (TPSA) is 91.5 Å². The van der Waals surface area contributed by atoms with Gasteiger partial charge in [0.1, 0.15) is 11.4 Å². The van der Waals surface area contributed by atoms with Crippen LogP contribution < -0.4 is 5.73 Å². The third-order valence-corrected chi connectivity index (χ3v) is 6.84. The van der Waals surface area contributed by atoms with Crippen molar-refractivity contribution in [3.63, 3.8) is 0 Å². The lowest BCUT2D eigenvalue weighted by atomic mass is 9.93. The molecule has 4 rings (SSSR count). The molecule has 1 atom stereocenters. The number of rotatable bonds is 2. The quantitative estimate of drug-likeness (QED) is 0.868. The highest BCUT2D eigenvalue weighted by molar-refractivity contribution is 7.89. The van der Waals surface area contributed by atoms with E-state index in [2.05, 4.69) is 9.98 Å². The molecule has 0 saturated heterocycles. The molecule has 0 radical (unpaired) electrons. The first-order chi connectivity index (χ1) is 11.2. The van der Waals surface area contributed by atoms with Crippen molar-refractivity contribution in [3.8, 4) is 0 Å². The molecule has 8 heteroatoms. The first-order valence-electron chi connectivity index (χ1n) is 7.84. The van der Waals surface area contributed by atoms with Crippen molar-refractivity contribution in [1.82, 2.24) is 9.29 Å². The molecule has 24 heavy (non-hydrogen) atoms. The van der Waals surface area contributed by atoms with Gasteiger partial charge in [-0.05, 0) is 43.9 Å². The van der Waals surface area contributed by atoms with Crippen molar-refractivity contribution < 1.29 is 12.8 Å². The van der Waals surface area contributed by atoms with Crippen LogP contribution in [0.2, 0.25) is 0 Å². The van der Waals surface area contributed by atoms with Crippen molar-refractivity contribution in [2.24, 2.45) is 10.7 Å². The fraction of sp³-hybridized carbons (Fsp3) is 0.438. The predicted molar refractivity (Wildman–Crippen MR) is 90.8 cm³/mol. The van der Waals surface area contributed by atoms with Crippen LogP contribution in [0.4, 0.5) is 4.39 Å². The number of hydrogen-bond acceptors (Lipinski definition) is 4. The van der Waals surface area contributed by atoms with Gasteiger partial charge < -0.3 is 10.7 Å². The second-order valence-corrected chi connectivity index (χ2v) is 8.89. The Kier molecular flexibility index (Phi) is 3.04. The van der Waals surface area contributed by atoms with Gasteiger partial charge in [-0.2, -0.15) is 0 Å². The van der Waals surface area contributed by atoms with E-state index in [0.717, 1.165) is 33.7 Å². The number of H-pyrrole nitrogens is 1. The zero-order chi connectivity index (χ0) is 17.3. The van der Waals surface area contributed by atoms with E-state index in [9.17, 15) is 12.8 Å². The van der Waals surface area contributed by atoms with Gasteiger partial charge in [0.2, 0.25) is 16.0 Å². The van der Waals surface area contributed by atoms with Crippen LogP contribution in [0.5, 0.6) is 0 Å². The number of aromatic amines is 1. The van der Waals surface area contributed by atoms with E-state index in [-0.39, 0.29) is 17.3 Å². The number of benzene rings is 1. The lowest BCUT2D eigenvalue weighted by molar-refractivity contribution is 0.458. The third-order valence-electron chi connectivity index (χ3n) is 4.89. The highest BCUT2D eigenvalue weighted by Gasteiger charge is 2.42. The Balaban J connectivity index is 1.87. The average Bonchev–Trinajstić information content (AvgIpc) is 3.24. The first kappa shape index (κ1) is 15.4. The molecule has 0 bridgehead atoms. The van der Waals surface area contributed by atoms with Crippen molar-refractivity contribution in [2.75, 3.05) is 12.8 Å². The fourth-order valence-corrected chi connectivity index (χ4v) is 4.74. The molecule has 3 N–H and O–H groups in total. The van der Waals surface area contributed by atoms with Crippen molar-refractivity contribution in [2.45, 2.75) is 31.2 Å². The molecule has 6 nitrogen and oxygen atoms in total. The van der Waals surface area contributed by atoms with E-state index in [1.165, 1.54) is 13.1 Å². The SMILES string of the molecule is CN1C(N)=N[C@](C)(c2cc3[nH]c(C4CC4)cc3cc2F)CS1(=O)=O. The number of aromatic nitrogens is 1. The normalized spacial score (nSPS) is 26.6. The number of hydrogen-bond donors (Lipinski definition) is 2. The van der Waals surface area contributed by atoms with Gasteiger partial charge in [0.15, 0.2) is 0 Å². The van der Waals surface area contributed by atoms with E-state index < -0.39 is 21.4 Å². The second kappa shape index (κ2) is 4.72. The Labute approximate surface area is 139 Å². The molecule has 1 aliphatic carbocycles. The maximum atomic E-state index is 14.7. The highest BCUT2D eigenvalue weighted by Crippen LogP contribution is 2.41. The Hall–Kier alpha value is -2.09. The fourth-order valence-electron chi connectivity index (χ4n) is 3.29. The minimum absolute atomic E-state index is 0.131. The Bertz CT molecular complexity index is 977. The first-order valence-corrected chi connectivity index (χ1v) is 9.45. The number of nitrogens with zero attached hydrogens (tertiary/aromatic N) is 2. The minimum Gasteiger partial charge on any atom is -0.369 e. The molecule has 128 valence electrons. The van der Waals surface area contributed by atoms with Crippen molar-refractivity contribution in [3.05, 3.63) is 35.3 Å². The summed E-state index contributed by atoms with van der Waals surface area (Å²) in [4.78, 5) is 7.59. The largest absolute Gasteiger partial charge is 0.369 e. The summed E-state index contributed by atoms with van der Waals surface area (Å²) in [5.41, 5.74) is 6.63. The average molecular weight is 350 g/mol. The second-order valence-electron chi connectivity index (χ2n) is 6.89. The zero-order valence-electron chi connectivity index (χ0n) is 13.5. The smallest absolute Gasteiger partial charge is 0.239 e. The van der Waals surface area contributed by atoms with Crippen molar-refractivity contribution >= 4 is 26.9 Å². The van der Waals surface area contributed by atoms with E-state index in [4.69, 9.17) is 5.73 Å². The summed E-state index contributed by atoms with van der Waals surface area (Å²) >= 11 is 0. The van der Waals surface area contributed by atoms with Crippen LogP contribution in [0.15, 0.2) is 23.2 Å². The molecular formula is C16H19FN4O2S. The summed E-state index contributed by atoms with van der Waals surface area (Å²) < 4.78 is 40.2. The molecule has 1 aromatic carbocycles. The van der Waals surface area contributed by atoms with Crippen LogP contribution in [0.25, 0.3) is 10.9 Å². The summed E-state index contributed by atoms with van der Waals surface area (Å²) in [5.74, 6) is -0.400. The van der Waals surface area contributed by atoms with Gasteiger partial charge in [-0.3, -0.25) is 0 Å². The standard InChI is InChI=1S/C16H19FN4O2S/c1-16(8-24(22,23)21(2)15(18)20-16)11-7-14-10(5-12(11)17)6-13(19-14)9-3-4-9/h5-7,9,19H,3-4,8H2,1-2H3,(H2,18,20)/t16-/m0/s1. The predicted octanol–water partition coefficient (Wildman–Crippen LogP) is 1.99. The number of nitrogens with one attached hydrogen (secondary N) is 1. The molecule has 2 aliphatic rings. The summed E-state index contributed by atoms with van der Waals surface area (Å²) in [6.45, 7) is 1.60. The monoisotopic (exact) mass is 350 g/mol. The summed E-state index contributed by atoms with van der Waals surface area (Å²) in [6.07, 6.45) is 2.29. The van der Waals surface area contributed by atoms with Crippen LogP contribution >= 0.6 is 0 Å². The lowest BCUT2D eigenvalue weighted by Crippen LogP contribution is -2.50. The maximum Gasteiger partial charge on any atom is 0.239 e. The van der Waals surface area contributed by atoms with Crippen LogP contribution in [-0.4, -0.2) is 36.5 Å². The number of sulfonamides is 1. The summed E-state index contributed by atoms with van der Waals surface area (Å²) in [5, 5.41) is 0.787. The molecule has 1 aliphatic heterocycles. The number of halogens is 1. The lowest BCUT2D eigenvalue weighted by Gasteiger charge is -2.34. The van der Waals surface area contributed by atoms with Crippen molar-refractivity contribution in [1.29, 1.82) is 0 Å². The molecule has 2 heterocycles. The molecule has 1 aromatic heterocycles. The third kappa shape index (κ3) is 2.28. The molecule has 0 unspecified atom stereocenters. The Morgan fingerprint density at radius 2 is 2.08 bits per heavy atom. The van der Waals surface area contributed by atoms with Crippen LogP contribution in [0.3, 0.4) is 0 Å². The Morgan fingerprint density at radius 3 is 2.71 bits per heavy atom. The molecule has 2 aromatic rings. The zero-order valence-corrected chi connectivity index (χ0v) is 14.3. The maximum absolute atomic E-state index is 14.7. The van der Waals surface area contributed by atoms with E-state index in [1.54, 1.807) is 13.0 Å². The molecule has 1 saturated carbocycles. The number of guanidine groups is 1. The van der Waals surface area contributed by atoms with Gasteiger partial charge >= 0.3 is 0 Å². The van der Waals surface area contributed by atoms with Gasteiger partial charge in [-0.1, -0.05) is 0 Å². The number of aliphatic imine (C=N–C) groups is 1. The van der Waals surface area contributed by atoms with Gasteiger partial charge in [-0.15, -0.1) is 0 Å². The van der Waals surface area contributed by atoms with Crippen LogP contribution in [0.1, 0.15) is 36.9 Å². The van der Waals surface area contributed by atoms with Gasteiger partial charge in [0.05, 0.1) is 5.75 Å². The van der Waals surface area contributed by atoms with E-state index >= 15 is 0 Å². The van der Waals surface area contributed by atoms with Crippen LogP contribution in [0, 0.1) is 5.82 Å². The molecule has 0 spiro atoms. The highest BCUT2D eigenvalue weighted by atomic mass is 32.2. The van der Waals surface area contributed by atoms with Crippen LogP contribution in [-0.2, 0) is 15.6 Å². The number of nitrogens with two attached hydrogens (primary N) is 1. The van der Waals surface area contributed by atoms with E-state index in [0.29, 0.717) is 5.92 Å². The summed E-state index contributed by atoms with van der Waals surface area (Å²) in [6, 6.07) is 5.06. The Morgan fingerprint density at radius 1 is 1.38 bits per heavy atom. The van der Waals surface area contributed by atoms with Gasteiger partial charge in [0, 0.05) is 29.2 Å². The molecular weight excluding hydrogens is 331 g/mol. The molecule has 0 amide bonds. The molecule has 1 fully saturated rings. The van der Waals surface area contributed by atoms with Gasteiger partial charge in [0.25, 0.3) is 0 Å². The number of fused-ring (bicyclic) bond motifs is 1.